The van der Waals surface area contributed by atoms with Crippen LogP contribution >= 0.6 is 0 Å². The summed E-state index contributed by atoms with van der Waals surface area (Å²) >= 11 is 0. The fourth-order valence-corrected chi connectivity index (χ4v) is 2.12. The molecule has 2 nitrogen and oxygen atoms in total. The first-order valence-electron chi connectivity index (χ1n) is 5.57. The molecule has 1 aliphatic heterocycles. The smallest absolute Gasteiger partial charge is 0.0462 e. The molecule has 0 amide bonds. The van der Waals surface area contributed by atoms with Crippen LogP contribution in [0.25, 0.3) is 0 Å². The van der Waals surface area contributed by atoms with Crippen LogP contribution in [0.15, 0.2) is 0 Å². The van der Waals surface area contributed by atoms with Gasteiger partial charge >= 0.3 is 0 Å². The lowest BCUT2D eigenvalue weighted by Crippen LogP contribution is -2.38. The lowest BCUT2D eigenvalue weighted by molar-refractivity contribution is 0.181. The Bertz CT molecular complexity index is 121. The van der Waals surface area contributed by atoms with Gasteiger partial charge < -0.3 is 10.1 Å². The van der Waals surface area contributed by atoms with Gasteiger partial charge in [-0.15, -0.1) is 0 Å². The lowest BCUT2D eigenvalue weighted by Gasteiger charge is -2.29. The van der Waals surface area contributed by atoms with Gasteiger partial charge in [-0.25, -0.2) is 0 Å². The zero-order chi connectivity index (χ0) is 9.52. The van der Waals surface area contributed by atoms with E-state index in [2.05, 4.69) is 12.2 Å². The summed E-state index contributed by atoms with van der Waals surface area (Å²) in [5.74, 6) is 0.815. The standard InChI is InChI=1S/C11H23NO/c1-10(6-5-9-13-2)11-7-3-4-8-12-11/h10-12H,3-9H2,1-2H3. The van der Waals surface area contributed by atoms with Crippen LogP contribution in [0.3, 0.4) is 0 Å². The zero-order valence-electron chi connectivity index (χ0n) is 9.01. The Kier molecular flexibility index (Phi) is 5.40. The molecule has 2 heteroatoms. The molecule has 0 spiro atoms. The molecule has 1 saturated heterocycles. The van der Waals surface area contributed by atoms with Crippen molar-refractivity contribution in [2.75, 3.05) is 20.3 Å². The summed E-state index contributed by atoms with van der Waals surface area (Å²) in [5, 5.41) is 3.60. The van der Waals surface area contributed by atoms with E-state index in [4.69, 9.17) is 4.74 Å². The Hall–Kier alpha value is -0.0800. The number of rotatable bonds is 5. The highest BCUT2D eigenvalue weighted by Gasteiger charge is 2.18. The summed E-state index contributed by atoms with van der Waals surface area (Å²) in [6.07, 6.45) is 6.64. The average Bonchev–Trinajstić information content (AvgIpc) is 2.19. The summed E-state index contributed by atoms with van der Waals surface area (Å²) in [6.45, 7) is 4.50. The van der Waals surface area contributed by atoms with Crippen molar-refractivity contribution >= 4 is 0 Å². The van der Waals surface area contributed by atoms with Crippen LogP contribution in [-0.4, -0.2) is 26.3 Å². The van der Waals surface area contributed by atoms with E-state index >= 15 is 0 Å². The molecular formula is C11H23NO. The van der Waals surface area contributed by atoms with Crippen molar-refractivity contribution in [3.8, 4) is 0 Å². The van der Waals surface area contributed by atoms with E-state index in [1.54, 1.807) is 7.11 Å². The number of ether oxygens (including phenoxy) is 1. The van der Waals surface area contributed by atoms with Gasteiger partial charge in [-0.05, 0) is 38.1 Å². The Labute approximate surface area is 82.0 Å². The molecule has 0 saturated carbocycles. The molecular weight excluding hydrogens is 162 g/mol. The van der Waals surface area contributed by atoms with Gasteiger partial charge in [-0.1, -0.05) is 13.3 Å². The quantitative estimate of drug-likeness (QED) is 0.663. The topological polar surface area (TPSA) is 21.3 Å². The van der Waals surface area contributed by atoms with E-state index in [-0.39, 0.29) is 0 Å². The number of methoxy groups -OCH3 is 1. The molecule has 1 rings (SSSR count). The fraction of sp³-hybridized carbons (Fsp3) is 1.00. The third kappa shape index (κ3) is 4.10. The van der Waals surface area contributed by atoms with Gasteiger partial charge in [0, 0.05) is 19.8 Å². The molecule has 1 heterocycles. The van der Waals surface area contributed by atoms with E-state index in [0.29, 0.717) is 0 Å². The Morgan fingerprint density at radius 3 is 2.92 bits per heavy atom. The van der Waals surface area contributed by atoms with Gasteiger partial charge in [0.2, 0.25) is 0 Å². The highest BCUT2D eigenvalue weighted by Crippen LogP contribution is 2.18. The summed E-state index contributed by atoms with van der Waals surface area (Å²) in [5.41, 5.74) is 0. The predicted molar refractivity (Wildman–Crippen MR) is 55.9 cm³/mol. The SMILES string of the molecule is COCCCC(C)C1CCCCN1. The maximum atomic E-state index is 5.06. The van der Waals surface area contributed by atoms with E-state index in [1.165, 1.54) is 38.6 Å². The van der Waals surface area contributed by atoms with Crippen LogP contribution < -0.4 is 5.32 Å². The molecule has 0 aliphatic carbocycles. The maximum absolute atomic E-state index is 5.06. The zero-order valence-corrected chi connectivity index (χ0v) is 9.01. The third-order valence-electron chi connectivity index (χ3n) is 3.04. The van der Waals surface area contributed by atoms with Gasteiger partial charge in [0.1, 0.15) is 0 Å². The van der Waals surface area contributed by atoms with Crippen molar-refractivity contribution < 1.29 is 4.74 Å². The highest BCUT2D eigenvalue weighted by molar-refractivity contribution is 4.77. The van der Waals surface area contributed by atoms with Crippen molar-refractivity contribution in [3.63, 3.8) is 0 Å². The molecule has 2 unspecified atom stereocenters. The number of piperidine rings is 1. The van der Waals surface area contributed by atoms with Crippen LogP contribution in [0.5, 0.6) is 0 Å². The third-order valence-corrected chi connectivity index (χ3v) is 3.04. The molecule has 0 radical (unpaired) electrons. The van der Waals surface area contributed by atoms with Gasteiger partial charge in [0.05, 0.1) is 0 Å². The molecule has 1 fully saturated rings. The number of nitrogens with one attached hydrogen (secondary N) is 1. The van der Waals surface area contributed by atoms with Crippen molar-refractivity contribution in [1.29, 1.82) is 0 Å². The number of hydrogen-bond acceptors (Lipinski definition) is 2. The molecule has 0 bridgehead atoms. The Balaban J connectivity index is 2.09. The summed E-state index contributed by atoms with van der Waals surface area (Å²) in [7, 11) is 1.78. The van der Waals surface area contributed by atoms with E-state index in [0.717, 1.165) is 18.6 Å². The van der Waals surface area contributed by atoms with Gasteiger partial charge in [0.15, 0.2) is 0 Å². The second-order valence-electron chi connectivity index (χ2n) is 4.17. The van der Waals surface area contributed by atoms with Gasteiger partial charge in [0.25, 0.3) is 0 Å². The highest BCUT2D eigenvalue weighted by atomic mass is 16.5. The molecule has 0 aromatic carbocycles. The molecule has 1 N–H and O–H groups in total. The van der Waals surface area contributed by atoms with Crippen molar-refractivity contribution in [1.82, 2.24) is 5.32 Å². The summed E-state index contributed by atoms with van der Waals surface area (Å²) in [6, 6.07) is 0.769. The molecule has 1 aliphatic rings. The summed E-state index contributed by atoms with van der Waals surface area (Å²) < 4.78 is 5.06. The Morgan fingerprint density at radius 1 is 1.46 bits per heavy atom. The lowest BCUT2D eigenvalue weighted by atomic mass is 9.90. The largest absolute Gasteiger partial charge is 0.385 e. The minimum atomic E-state index is 0.769. The van der Waals surface area contributed by atoms with Crippen molar-refractivity contribution in [3.05, 3.63) is 0 Å². The minimum absolute atomic E-state index is 0.769. The Morgan fingerprint density at radius 2 is 2.31 bits per heavy atom. The van der Waals surface area contributed by atoms with E-state index in [9.17, 15) is 0 Å². The predicted octanol–water partition coefficient (Wildman–Crippen LogP) is 2.19. The normalized spacial score (nSPS) is 25.8. The monoisotopic (exact) mass is 185 g/mol. The van der Waals surface area contributed by atoms with Gasteiger partial charge in [-0.2, -0.15) is 0 Å². The van der Waals surface area contributed by atoms with Gasteiger partial charge in [-0.3, -0.25) is 0 Å². The minimum Gasteiger partial charge on any atom is -0.385 e. The van der Waals surface area contributed by atoms with Crippen molar-refractivity contribution in [2.24, 2.45) is 5.92 Å². The van der Waals surface area contributed by atoms with Crippen LogP contribution in [0.2, 0.25) is 0 Å². The maximum Gasteiger partial charge on any atom is 0.0462 e. The average molecular weight is 185 g/mol. The second kappa shape index (κ2) is 6.39. The molecule has 78 valence electrons. The van der Waals surface area contributed by atoms with Crippen molar-refractivity contribution in [2.45, 2.75) is 45.1 Å². The number of hydrogen-bond donors (Lipinski definition) is 1. The molecule has 0 aromatic heterocycles. The first-order valence-corrected chi connectivity index (χ1v) is 5.57. The first kappa shape index (κ1) is 11.0. The van der Waals surface area contributed by atoms with E-state index < -0.39 is 0 Å². The van der Waals surface area contributed by atoms with Crippen LogP contribution in [0.1, 0.15) is 39.0 Å². The second-order valence-corrected chi connectivity index (χ2v) is 4.17. The fourth-order valence-electron chi connectivity index (χ4n) is 2.12. The van der Waals surface area contributed by atoms with Crippen LogP contribution in [0.4, 0.5) is 0 Å². The first-order chi connectivity index (χ1) is 6.34. The van der Waals surface area contributed by atoms with Crippen LogP contribution in [0, 0.1) is 5.92 Å². The molecule has 0 aromatic rings. The molecule has 2 atom stereocenters. The molecule has 13 heavy (non-hydrogen) atoms. The van der Waals surface area contributed by atoms with E-state index in [1.807, 2.05) is 0 Å². The summed E-state index contributed by atoms with van der Waals surface area (Å²) in [4.78, 5) is 0. The van der Waals surface area contributed by atoms with Crippen LogP contribution in [-0.2, 0) is 4.74 Å².